The van der Waals surface area contributed by atoms with Crippen LogP contribution in [0.4, 0.5) is 10.2 Å². The second-order valence-corrected chi connectivity index (χ2v) is 10.4. The van der Waals surface area contributed by atoms with E-state index in [0.717, 1.165) is 63.4 Å². The Morgan fingerprint density at radius 3 is 2.60 bits per heavy atom. The first kappa shape index (κ1) is 26.1. The van der Waals surface area contributed by atoms with Crippen LogP contribution in [0.1, 0.15) is 44.2 Å². The molecule has 1 atom stereocenters. The van der Waals surface area contributed by atoms with Crippen LogP contribution in [-0.4, -0.2) is 65.5 Å². The number of carbonyl (C=O) groups is 1. The van der Waals surface area contributed by atoms with Gasteiger partial charge in [-0.15, -0.1) is 0 Å². The van der Waals surface area contributed by atoms with Gasteiger partial charge in [-0.05, 0) is 56.1 Å². The molecule has 0 bridgehead atoms. The summed E-state index contributed by atoms with van der Waals surface area (Å²) in [6, 6.07) is 7.82. The van der Waals surface area contributed by atoms with E-state index >= 15 is 0 Å². The molecule has 1 aromatic heterocycles. The van der Waals surface area contributed by atoms with Crippen molar-refractivity contribution in [2.45, 2.75) is 58.3 Å². The molecule has 2 saturated heterocycles. The van der Waals surface area contributed by atoms with Crippen molar-refractivity contribution < 1.29 is 9.18 Å². The SMILES string of the molecule is CC[C@H]1CN(c2ncc(CNC(C)=O)cc2Cl)CCN1C1CCN(Cc2ccc(Cl)cc2F)CC1. The molecular weight excluding hydrogens is 488 g/mol. The molecule has 35 heavy (non-hydrogen) atoms. The molecule has 190 valence electrons. The molecule has 1 amide bonds. The van der Waals surface area contributed by atoms with Crippen LogP contribution in [0.25, 0.3) is 0 Å². The fourth-order valence-electron chi connectivity index (χ4n) is 5.23. The Labute approximate surface area is 217 Å². The molecule has 2 fully saturated rings. The maximum atomic E-state index is 14.2. The van der Waals surface area contributed by atoms with E-state index in [4.69, 9.17) is 23.2 Å². The number of piperazine rings is 1. The zero-order valence-electron chi connectivity index (χ0n) is 20.4. The predicted molar refractivity (Wildman–Crippen MR) is 139 cm³/mol. The molecule has 0 spiro atoms. The van der Waals surface area contributed by atoms with Crippen molar-refractivity contribution in [2.75, 3.05) is 37.6 Å². The maximum absolute atomic E-state index is 14.2. The highest BCUT2D eigenvalue weighted by molar-refractivity contribution is 6.33. The quantitative estimate of drug-likeness (QED) is 0.570. The second kappa shape index (κ2) is 11.9. The van der Waals surface area contributed by atoms with Gasteiger partial charge in [0.15, 0.2) is 0 Å². The Kier molecular flexibility index (Phi) is 8.87. The molecule has 9 heteroatoms. The molecule has 6 nitrogen and oxygen atoms in total. The smallest absolute Gasteiger partial charge is 0.217 e. The molecule has 1 aromatic carbocycles. The highest BCUT2D eigenvalue weighted by Crippen LogP contribution is 2.30. The Balaban J connectivity index is 1.32. The summed E-state index contributed by atoms with van der Waals surface area (Å²) in [7, 11) is 0. The van der Waals surface area contributed by atoms with Gasteiger partial charge in [0.2, 0.25) is 5.91 Å². The summed E-state index contributed by atoms with van der Waals surface area (Å²) in [4.78, 5) is 23.1. The molecular formula is C26H34Cl2FN5O. The summed E-state index contributed by atoms with van der Waals surface area (Å²) in [6.45, 7) is 9.47. The number of likely N-dealkylation sites (tertiary alicyclic amines) is 1. The molecule has 0 radical (unpaired) electrons. The Morgan fingerprint density at radius 2 is 1.94 bits per heavy atom. The first-order valence-electron chi connectivity index (χ1n) is 12.4. The highest BCUT2D eigenvalue weighted by atomic mass is 35.5. The number of carbonyl (C=O) groups excluding carboxylic acids is 1. The molecule has 2 aliphatic rings. The van der Waals surface area contributed by atoms with Crippen LogP contribution < -0.4 is 10.2 Å². The Morgan fingerprint density at radius 1 is 1.17 bits per heavy atom. The van der Waals surface area contributed by atoms with Crippen molar-refractivity contribution in [3.05, 3.63) is 57.5 Å². The van der Waals surface area contributed by atoms with Crippen molar-refractivity contribution >= 4 is 34.9 Å². The largest absolute Gasteiger partial charge is 0.353 e. The molecule has 2 aromatic rings. The number of pyridine rings is 1. The van der Waals surface area contributed by atoms with Crippen molar-refractivity contribution in [3.8, 4) is 0 Å². The minimum Gasteiger partial charge on any atom is -0.353 e. The maximum Gasteiger partial charge on any atom is 0.217 e. The van der Waals surface area contributed by atoms with Gasteiger partial charge < -0.3 is 10.2 Å². The fourth-order valence-corrected chi connectivity index (χ4v) is 5.70. The van der Waals surface area contributed by atoms with E-state index in [9.17, 15) is 9.18 Å². The van der Waals surface area contributed by atoms with Gasteiger partial charge in [0.25, 0.3) is 0 Å². The van der Waals surface area contributed by atoms with Gasteiger partial charge in [-0.3, -0.25) is 14.6 Å². The van der Waals surface area contributed by atoms with Crippen LogP contribution in [0.3, 0.4) is 0 Å². The molecule has 0 aliphatic carbocycles. The number of hydrogen-bond donors (Lipinski definition) is 1. The monoisotopic (exact) mass is 521 g/mol. The van der Waals surface area contributed by atoms with Crippen LogP contribution in [0.5, 0.6) is 0 Å². The minimum atomic E-state index is -0.225. The van der Waals surface area contributed by atoms with E-state index in [2.05, 4.69) is 31.9 Å². The predicted octanol–water partition coefficient (Wildman–Crippen LogP) is 4.73. The molecule has 1 N–H and O–H groups in total. The highest BCUT2D eigenvalue weighted by Gasteiger charge is 2.34. The molecule has 0 unspecified atom stereocenters. The first-order valence-corrected chi connectivity index (χ1v) is 13.2. The van der Waals surface area contributed by atoms with Crippen molar-refractivity contribution in [1.82, 2.24) is 20.1 Å². The summed E-state index contributed by atoms with van der Waals surface area (Å²) in [5, 5.41) is 3.84. The standard InChI is InChI=1S/C26H34Cl2FN5O/c1-3-22-17-33(26-24(28)12-19(15-31-26)14-30-18(2)35)10-11-34(22)23-6-8-32(9-7-23)16-20-4-5-21(27)13-25(20)29/h4-5,12-13,15,22-23H,3,6-11,14,16-17H2,1-2H3,(H,30,35)/t22-/m0/s1. The van der Waals surface area contributed by atoms with Crippen LogP contribution in [0.15, 0.2) is 30.5 Å². The van der Waals surface area contributed by atoms with Crippen molar-refractivity contribution in [3.63, 3.8) is 0 Å². The number of benzene rings is 1. The summed E-state index contributed by atoms with van der Waals surface area (Å²) in [5.74, 6) is 0.517. The van der Waals surface area contributed by atoms with E-state index in [0.29, 0.717) is 40.8 Å². The first-order chi connectivity index (χ1) is 16.8. The number of amides is 1. The number of hydrogen-bond acceptors (Lipinski definition) is 5. The summed E-state index contributed by atoms with van der Waals surface area (Å²) >= 11 is 12.5. The summed E-state index contributed by atoms with van der Waals surface area (Å²) < 4.78 is 14.2. The van der Waals surface area contributed by atoms with Crippen LogP contribution >= 0.6 is 23.2 Å². The van der Waals surface area contributed by atoms with Gasteiger partial charge in [-0.25, -0.2) is 9.37 Å². The topological polar surface area (TPSA) is 51.7 Å². The Bertz CT molecular complexity index is 1030. The summed E-state index contributed by atoms with van der Waals surface area (Å²) in [5.41, 5.74) is 1.60. The zero-order chi connectivity index (χ0) is 24.9. The molecule has 3 heterocycles. The van der Waals surface area contributed by atoms with E-state index in [1.807, 2.05) is 6.07 Å². The lowest BCUT2D eigenvalue weighted by molar-refractivity contribution is -0.119. The second-order valence-electron chi connectivity index (χ2n) is 9.55. The number of nitrogens with zero attached hydrogens (tertiary/aromatic N) is 4. The van der Waals surface area contributed by atoms with Crippen LogP contribution in [0, 0.1) is 5.82 Å². The van der Waals surface area contributed by atoms with E-state index in [1.165, 1.54) is 13.0 Å². The molecule has 2 aliphatic heterocycles. The summed E-state index contributed by atoms with van der Waals surface area (Å²) in [6.07, 6.45) is 5.03. The van der Waals surface area contributed by atoms with Crippen molar-refractivity contribution in [2.24, 2.45) is 0 Å². The van der Waals surface area contributed by atoms with Gasteiger partial charge in [0.05, 0.1) is 5.02 Å². The number of anilines is 1. The van der Waals surface area contributed by atoms with Gasteiger partial charge in [0, 0.05) is 68.5 Å². The normalized spacial score (nSPS) is 20.3. The third kappa shape index (κ3) is 6.64. The number of halogens is 3. The third-order valence-electron chi connectivity index (χ3n) is 7.15. The van der Waals surface area contributed by atoms with E-state index in [1.54, 1.807) is 18.3 Å². The number of aromatic nitrogens is 1. The number of nitrogens with one attached hydrogen (secondary N) is 1. The van der Waals surface area contributed by atoms with Crippen molar-refractivity contribution in [1.29, 1.82) is 0 Å². The van der Waals surface area contributed by atoms with Gasteiger partial charge >= 0.3 is 0 Å². The van der Waals surface area contributed by atoms with Crippen LogP contribution in [0.2, 0.25) is 10.0 Å². The molecule has 4 rings (SSSR count). The lowest BCUT2D eigenvalue weighted by Gasteiger charge is -2.47. The third-order valence-corrected chi connectivity index (χ3v) is 7.67. The number of rotatable bonds is 7. The Hall–Kier alpha value is -1.93. The molecule has 0 saturated carbocycles. The average molecular weight is 522 g/mol. The lowest BCUT2D eigenvalue weighted by Crippen LogP contribution is -2.58. The fraction of sp³-hybridized carbons (Fsp3) is 0.538. The van der Waals surface area contributed by atoms with E-state index < -0.39 is 0 Å². The number of piperidine rings is 1. The van der Waals surface area contributed by atoms with Crippen LogP contribution in [-0.2, 0) is 17.9 Å². The van der Waals surface area contributed by atoms with Gasteiger partial charge in [0.1, 0.15) is 11.6 Å². The average Bonchev–Trinajstić information content (AvgIpc) is 2.84. The van der Waals surface area contributed by atoms with E-state index in [-0.39, 0.29) is 11.7 Å². The minimum absolute atomic E-state index is 0.0740. The van der Waals surface area contributed by atoms with Gasteiger partial charge in [-0.1, -0.05) is 36.2 Å². The lowest BCUT2D eigenvalue weighted by atomic mass is 9.97. The zero-order valence-corrected chi connectivity index (χ0v) is 22.0. The van der Waals surface area contributed by atoms with Gasteiger partial charge in [-0.2, -0.15) is 0 Å².